The summed E-state index contributed by atoms with van der Waals surface area (Å²) in [6.07, 6.45) is 0. The molecule has 0 bridgehead atoms. The SMILES string of the molecule is CC(C)([O])CN1CC(=O)C1. The number of ketones is 1. The second-order valence-corrected chi connectivity index (χ2v) is 3.44. The zero-order chi connectivity index (χ0) is 7.78. The molecular weight excluding hydrogens is 130 g/mol. The van der Waals surface area contributed by atoms with Crippen LogP contribution in [0.1, 0.15) is 13.8 Å². The molecule has 0 aliphatic carbocycles. The zero-order valence-electron chi connectivity index (χ0n) is 6.39. The predicted molar refractivity (Wildman–Crippen MR) is 36.2 cm³/mol. The van der Waals surface area contributed by atoms with Crippen LogP contribution in [-0.2, 0) is 9.90 Å². The van der Waals surface area contributed by atoms with E-state index in [0.717, 1.165) is 0 Å². The van der Waals surface area contributed by atoms with Crippen LogP contribution >= 0.6 is 0 Å². The summed E-state index contributed by atoms with van der Waals surface area (Å²) in [4.78, 5) is 12.3. The number of carbonyl (C=O) groups is 1. The van der Waals surface area contributed by atoms with E-state index in [-0.39, 0.29) is 5.78 Å². The van der Waals surface area contributed by atoms with Gasteiger partial charge in [-0.3, -0.25) is 9.69 Å². The van der Waals surface area contributed by atoms with Gasteiger partial charge >= 0.3 is 0 Å². The third-order valence-corrected chi connectivity index (χ3v) is 1.40. The largest absolute Gasteiger partial charge is 0.297 e. The van der Waals surface area contributed by atoms with E-state index in [1.165, 1.54) is 0 Å². The van der Waals surface area contributed by atoms with Crippen molar-refractivity contribution in [3.05, 3.63) is 0 Å². The highest BCUT2D eigenvalue weighted by atomic mass is 16.3. The summed E-state index contributed by atoms with van der Waals surface area (Å²) in [5, 5.41) is 11.1. The molecule has 1 fully saturated rings. The molecule has 1 heterocycles. The van der Waals surface area contributed by atoms with Crippen LogP contribution in [-0.4, -0.2) is 35.9 Å². The Kier molecular flexibility index (Phi) is 1.79. The minimum absolute atomic E-state index is 0.240. The number of rotatable bonds is 2. The topological polar surface area (TPSA) is 40.2 Å². The number of carbonyl (C=O) groups excluding carboxylic acids is 1. The fraction of sp³-hybridized carbons (Fsp3) is 0.857. The van der Waals surface area contributed by atoms with Gasteiger partial charge in [-0.2, -0.15) is 0 Å². The van der Waals surface area contributed by atoms with Crippen LogP contribution in [0.5, 0.6) is 0 Å². The lowest BCUT2D eigenvalue weighted by atomic mass is 10.1. The molecule has 10 heavy (non-hydrogen) atoms. The van der Waals surface area contributed by atoms with Crippen molar-refractivity contribution in [3.8, 4) is 0 Å². The van der Waals surface area contributed by atoms with Crippen LogP contribution in [0.2, 0.25) is 0 Å². The third-order valence-electron chi connectivity index (χ3n) is 1.40. The summed E-state index contributed by atoms with van der Waals surface area (Å²) in [6, 6.07) is 0. The van der Waals surface area contributed by atoms with Crippen molar-refractivity contribution in [1.82, 2.24) is 4.90 Å². The minimum Gasteiger partial charge on any atom is -0.297 e. The van der Waals surface area contributed by atoms with E-state index < -0.39 is 5.60 Å². The van der Waals surface area contributed by atoms with E-state index in [4.69, 9.17) is 0 Å². The van der Waals surface area contributed by atoms with Crippen LogP contribution in [0, 0.1) is 0 Å². The average Bonchev–Trinajstić information content (AvgIpc) is 1.57. The second kappa shape index (κ2) is 2.32. The van der Waals surface area contributed by atoms with Crippen molar-refractivity contribution >= 4 is 5.78 Å². The Balaban J connectivity index is 2.22. The standard InChI is InChI=1S/C7H12NO2/c1-7(2,10)5-8-3-6(9)4-8/h3-5H2,1-2H3. The molecule has 0 aromatic carbocycles. The van der Waals surface area contributed by atoms with Crippen molar-refractivity contribution in [2.75, 3.05) is 19.6 Å². The number of likely N-dealkylation sites (tertiary alicyclic amines) is 1. The second-order valence-electron chi connectivity index (χ2n) is 3.44. The molecule has 0 amide bonds. The molecule has 3 heteroatoms. The van der Waals surface area contributed by atoms with Gasteiger partial charge in [0.15, 0.2) is 5.78 Å². The van der Waals surface area contributed by atoms with Crippen LogP contribution in [0.3, 0.4) is 0 Å². The van der Waals surface area contributed by atoms with Crippen LogP contribution in [0.25, 0.3) is 0 Å². The van der Waals surface area contributed by atoms with E-state index in [0.29, 0.717) is 19.6 Å². The van der Waals surface area contributed by atoms with E-state index in [1.54, 1.807) is 13.8 Å². The van der Waals surface area contributed by atoms with Gasteiger partial charge in [0, 0.05) is 6.54 Å². The Bertz CT molecular complexity index is 140. The monoisotopic (exact) mass is 142 g/mol. The highest BCUT2D eigenvalue weighted by Crippen LogP contribution is 2.10. The number of nitrogens with zero attached hydrogens (tertiary/aromatic N) is 1. The van der Waals surface area contributed by atoms with Crippen LogP contribution in [0.15, 0.2) is 0 Å². The average molecular weight is 142 g/mol. The van der Waals surface area contributed by atoms with Gasteiger partial charge < -0.3 is 0 Å². The molecule has 1 rings (SSSR count). The van der Waals surface area contributed by atoms with Gasteiger partial charge in [0.1, 0.15) is 5.60 Å². The van der Waals surface area contributed by atoms with Crippen molar-refractivity contribution in [1.29, 1.82) is 0 Å². The van der Waals surface area contributed by atoms with Gasteiger partial charge in [-0.15, -0.1) is 0 Å². The molecule has 0 aromatic rings. The first kappa shape index (κ1) is 7.69. The van der Waals surface area contributed by atoms with Crippen LogP contribution in [0.4, 0.5) is 0 Å². The molecule has 1 aliphatic heterocycles. The smallest absolute Gasteiger partial charge is 0.160 e. The molecule has 0 aromatic heterocycles. The summed E-state index contributed by atoms with van der Waals surface area (Å²) < 4.78 is 0. The normalized spacial score (nSPS) is 20.9. The maximum atomic E-state index is 11.1. The summed E-state index contributed by atoms with van der Waals surface area (Å²) in [7, 11) is 0. The van der Waals surface area contributed by atoms with Gasteiger partial charge in [0.05, 0.1) is 13.1 Å². The first-order chi connectivity index (χ1) is 4.47. The Hall–Kier alpha value is -0.410. The third kappa shape index (κ3) is 2.08. The Morgan fingerprint density at radius 1 is 1.50 bits per heavy atom. The summed E-state index contributed by atoms with van der Waals surface area (Å²) in [5.74, 6) is 0.240. The van der Waals surface area contributed by atoms with E-state index >= 15 is 0 Å². The molecular formula is C7H12NO2. The molecule has 0 spiro atoms. The van der Waals surface area contributed by atoms with Crippen molar-refractivity contribution in [2.45, 2.75) is 19.4 Å². The van der Waals surface area contributed by atoms with Gasteiger partial charge in [0.2, 0.25) is 0 Å². The van der Waals surface area contributed by atoms with Crippen molar-refractivity contribution in [2.24, 2.45) is 0 Å². The highest BCUT2D eigenvalue weighted by Gasteiger charge is 2.29. The van der Waals surface area contributed by atoms with E-state index in [1.807, 2.05) is 4.90 Å². The number of Topliss-reactive ketones (excluding diaryl/α,β-unsaturated/α-hetero) is 1. The summed E-state index contributed by atoms with van der Waals surface area (Å²) in [5.41, 5.74) is -0.916. The van der Waals surface area contributed by atoms with E-state index in [2.05, 4.69) is 0 Å². The van der Waals surface area contributed by atoms with Gasteiger partial charge in [-0.05, 0) is 13.8 Å². The number of hydrogen-bond acceptors (Lipinski definition) is 2. The molecule has 57 valence electrons. The first-order valence-corrected chi connectivity index (χ1v) is 3.42. The Labute approximate surface area is 60.6 Å². The first-order valence-electron chi connectivity index (χ1n) is 3.42. The van der Waals surface area contributed by atoms with Crippen molar-refractivity contribution in [3.63, 3.8) is 0 Å². The lowest BCUT2D eigenvalue weighted by Gasteiger charge is -2.32. The molecule has 0 N–H and O–H groups in total. The zero-order valence-corrected chi connectivity index (χ0v) is 6.39. The molecule has 0 atom stereocenters. The molecule has 1 radical (unpaired) electrons. The maximum absolute atomic E-state index is 11.1. The fourth-order valence-corrected chi connectivity index (χ4v) is 1.10. The highest BCUT2D eigenvalue weighted by molar-refractivity contribution is 5.87. The molecule has 1 aliphatic rings. The lowest BCUT2D eigenvalue weighted by Crippen LogP contribution is -2.52. The molecule has 3 nitrogen and oxygen atoms in total. The predicted octanol–water partition coefficient (Wildman–Crippen LogP) is 0.0802. The minimum atomic E-state index is -0.916. The molecule has 0 unspecified atom stereocenters. The van der Waals surface area contributed by atoms with Gasteiger partial charge in [-0.25, -0.2) is 5.11 Å². The summed E-state index contributed by atoms with van der Waals surface area (Å²) >= 11 is 0. The fourth-order valence-electron chi connectivity index (χ4n) is 1.10. The Morgan fingerprint density at radius 3 is 2.30 bits per heavy atom. The van der Waals surface area contributed by atoms with Gasteiger partial charge in [0.25, 0.3) is 0 Å². The van der Waals surface area contributed by atoms with Crippen LogP contribution < -0.4 is 0 Å². The van der Waals surface area contributed by atoms with Gasteiger partial charge in [-0.1, -0.05) is 0 Å². The number of hydrogen-bond donors (Lipinski definition) is 0. The van der Waals surface area contributed by atoms with E-state index in [9.17, 15) is 9.90 Å². The Morgan fingerprint density at radius 2 is 2.00 bits per heavy atom. The molecule has 1 saturated heterocycles. The quantitative estimate of drug-likeness (QED) is 0.547. The lowest BCUT2D eigenvalue weighted by molar-refractivity contribution is -0.132. The van der Waals surface area contributed by atoms with Crippen molar-refractivity contribution < 1.29 is 9.90 Å². The molecule has 0 saturated carbocycles. The summed E-state index contributed by atoms with van der Waals surface area (Å²) in [6.45, 7) is 4.71. The maximum Gasteiger partial charge on any atom is 0.160 e.